The number of halogens is 2. The van der Waals surface area contributed by atoms with E-state index < -0.39 is 0 Å². The molecule has 1 nitrogen and oxygen atoms in total. The maximum absolute atomic E-state index is 13.3. The molecule has 0 heterocycles. The number of rotatable bonds is 5. The molecule has 0 unspecified atom stereocenters. The van der Waals surface area contributed by atoms with E-state index in [1.54, 1.807) is 6.07 Å². The van der Waals surface area contributed by atoms with E-state index in [2.05, 4.69) is 35.1 Å². The van der Waals surface area contributed by atoms with Gasteiger partial charge in [-0.1, -0.05) is 34.1 Å². The predicted molar refractivity (Wildman–Crippen MR) is 65.7 cm³/mol. The molecule has 0 amide bonds. The van der Waals surface area contributed by atoms with Gasteiger partial charge in [0.25, 0.3) is 0 Å². The van der Waals surface area contributed by atoms with Crippen LogP contribution in [0.5, 0.6) is 0 Å². The maximum atomic E-state index is 13.3. The molecule has 15 heavy (non-hydrogen) atoms. The largest absolute Gasteiger partial charge is 0.308 e. The summed E-state index contributed by atoms with van der Waals surface area (Å²) in [5.41, 5.74) is 0.756. The van der Waals surface area contributed by atoms with Crippen LogP contribution < -0.4 is 5.32 Å². The summed E-state index contributed by atoms with van der Waals surface area (Å²) in [6, 6.07) is 6.88. The Bertz CT molecular complexity index is 312. The van der Waals surface area contributed by atoms with Crippen molar-refractivity contribution in [3.05, 3.63) is 35.6 Å². The van der Waals surface area contributed by atoms with E-state index in [1.807, 2.05) is 12.1 Å². The van der Waals surface area contributed by atoms with Crippen molar-refractivity contribution in [2.45, 2.75) is 32.4 Å². The first kappa shape index (κ1) is 12.7. The number of benzene rings is 1. The Labute approximate surface area is 99.2 Å². The summed E-state index contributed by atoms with van der Waals surface area (Å²) in [6.07, 6.45) is 1.02. The molecule has 1 rings (SSSR count). The minimum Gasteiger partial charge on any atom is -0.308 e. The van der Waals surface area contributed by atoms with E-state index in [-0.39, 0.29) is 11.4 Å². The first-order valence-corrected chi connectivity index (χ1v) is 6.22. The Morgan fingerprint density at radius 3 is 2.60 bits per heavy atom. The van der Waals surface area contributed by atoms with Gasteiger partial charge in [0.15, 0.2) is 0 Å². The fraction of sp³-hybridized carbons (Fsp3) is 0.500. The van der Waals surface area contributed by atoms with Gasteiger partial charge in [-0.3, -0.25) is 0 Å². The molecule has 1 N–H and O–H groups in total. The van der Waals surface area contributed by atoms with Crippen LogP contribution in [0.1, 0.15) is 25.8 Å². The summed E-state index contributed by atoms with van der Waals surface area (Å²) in [4.78, 5) is 0. The molecule has 0 aromatic heterocycles. The Morgan fingerprint density at radius 2 is 2.00 bits per heavy atom. The summed E-state index contributed by atoms with van der Waals surface area (Å²) in [7, 11) is 0. The highest BCUT2D eigenvalue weighted by Gasteiger charge is 2.16. The number of hydrogen-bond donors (Lipinski definition) is 1. The lowest BCUT2D eigenvalue weighted by molar-refractivity contribution is 0.374. The Balaban J connectivity index is 2.53. The third kappa shape index (κ3) is 4.31. The van der Waals surface area contributed by atoms with Crippen LogP contribution >= 0.6 is 15.9 Å². The molecule has 0 aliphatic heterocycles. The molecule has 3 heteroatoms. The van der Waals surface area contributed by atoms with Crippen LogP contribution in [-0.2, 0) is 6.54 Å². The first-order chi connectivity index (χ1) is 7.05. The van der Waals surface area contributed by atoms with Crippen molar-refractivity contribution < 1.29 is 4.39 Å². The Kier molecular flexibility index (Phi) is 4.74. The van der Waals surface area contributed by atoms with Crippen LogP contribution in [0.3, 0.4) is 0 Å². The standard InChI is InChI=1S/C12H17BrFN/c1-12(2,7-8-13)15-9-10-5-3-4-6-11(10)14/h3-6,15H,7-9H2,1-2H3. The molecule has 84 valence electrons. The van der Waals surface area contributed by atoms with Crippen molar-refractivity contribution in [2.24, 2.45) is 0 Å². The van der Waals surface area contributed by atoms with E-state index in [9.17, 15) is 4.39 Å². The van der Waals surface area contributed by atoms with Crippen LogP contribution in [-0.4, -0.2) is 10.9 Å². The van der Waals surface area contributed by atoms with Gasteiger partial charge in [0, 0.05) is 23.0 Å². The van der Waals surface area contributed by atoms with Crippen molar-refractivity contribution in [3.63, 3.8) is 0 Å². The van der Waals surface area contributed by atoms with Crippen LogP contribution in [0.25, 0.3) is 0 Å². The van der Waals surface area contributed by atoms with Gasteiger partial charge in [-0.15, -0.1) is 0 Å². The zero-order valence-electron chi connectivity index (χ0n) is 9.19. The molecule has 0 aliphatic carbocycles. The molecule has 0 saturated heterocycles. The Hall–Kier alpha value is -0.410. The molecule has 0 aliphatic rings. The van der Waals surface area contributed by atoms with Crippen molar-refractivity contribution in [1.29, 1.82) is 0 Å². The van der Waals surface area contributed by atoms with Crippen molar-refractivity contribution in [2.75, 3.05) is 5.33 Å². The molecular weight excluding hydrogens is 257 g/mol. The number of nitrogens with one attached hydrogen (secondary N) is 1. The van der Waals surface area contributed by atoms with Crippen molar-refractivity contribution >= 4 is 15.9 Å². The zero-order chi connectivity index (χ0) is 11.3. The van der Waals surface area contributed by atoms with Gasteiger partial charge in [-0.05, 0) is 26.3 Å². The van der Waals surface area contributed by atoms with Gasteiger partial charge in [0.05, 0.1) is 0 Å². The molecule has 0 spiro atoms. The summed E-state index contributed by atoms with van der Waals surface area (Å²) in [6.45, 7) is 4.82. The summed E-state index contributed by atoms with van der Waals surface area (Å²) >= 11 is 3.41. The molecule has 1 aromatic rings. The minimum absolute atomic E-state index is 0.0335. The second kappa shape index (κ2) is 5.61. The van der Waals surface area contributed by atoms with Gasteiger partial charge >= 0.3 is 0 Å². The van der Waals surface area contributed by atoms with Gasteiger partial charge in [-0.2, -0.15) is 0 Å². The fourth-order valence-electron chi connectivity index (χ4n) is 1.30. The van der Waals surface area contributed by atoms with E-state index in [0.717, 1.165) is 17.3 Å². The first-order valence-electron chi connectivity index (χ1n) is 5.09. The summed E-state index contributed by atoms with van der Waals surface area (Å²) in [5.74, 6) is -0.139. The normalized spacial score (nSPS) is 11.7. The second-order valence-electron chi connectivity index (χ2n) is 4.27. The third-order valence-corrected chi connectivity index (χ3v) is 2.83. The predicted octanol–water partition coefficient (Wildman–Crippen LogP) is 3.48. The molecule has 0 radical (unpaired) electrons. The van der Waals surface area contributed by atoms with E-state index in [0.29, 0.717) is 6.54 Å². The summed E-state index contributed by atoms with van der Waals surface area (Å²) in [5, 5.41) is 4.30. The highest BCUT2D eigenvalue weighted by molar-refractivity contribution is 9.09. The monoisotopic (exact) mass is 273 g/mol. The van der Waals surface area contributed by atoms with E-state index >= 15 is 0 Å². The highest BCUT2D eigenvalue weighted by atomic mass is 79.9. The van der Waals surface area contributed by atoms with Gasteiger partial charge < -0.3 is 5.32 Å². The Morgan fingerprint density at radius 1 is 1.33 bits per heavy atom. The van der Waals surface area contributed by atoms with Crippen molar-refractivity contribution in [3.8, 4) is 0 Å². The second-order valence-corrected chi connectivity index (χ2v) is 5.06. The topological polar surface area (TPSA) is 12.0 Å². The summed E-state index contributed by atoms with van der Waals surface area (Å²) < 4.78 is 13.3. The van der Waals surface area contributed by atoms with E-state index in [4.69, 9.17) is 0 Å². The van der Waals surface area contributed by atoms with Crippen LogP contribution in [0.4, 0.5) is 4.39 Å². The highest BCUT2D eigenvalue weighted by Crippen LogP contribution is 2.13. The molecular formula is C12H17BrFN. The molecule has 0 atom stereocenters. The quantitative estimate of drug-likeness (QED) is 0.810. The SMILES string of the molecule is CC(C)(CCBr)NCc1ccccc1F. The lowest BCUT2D eigenvalue weighted by Crippen LogP contribution is -2.39. The van der Waals surface area contributed by atoms with Crippen LogP contribution in [0.2, 0.25) is 0 Å². The number of alkyl halides is 1. The van der Waals surface area contributed by atoms with Crippen LogP contribution in [0, 0.1) is 5.82 Å². The van der Waals surface area contributed by atoms with E-state index in [1.165, 1.54) is 6.07 Å². The zero-order valence-corrected chi connectivity index (χ0v) is 10.8. The maximum Gasteiger partial charge on any atom is 0.127 e. The molecule has 0 fully saturated rings. The molecule has 0 saturated carbocycles. The van der Waals surface area contributed by atoms with Gasteiger partial charge in [0.1, 0.15) is 5.82 Å². The lowest BCUT2D eigenvalue weighted by atomic mass is 10.0. The average Bonchev–Trinajstić information content (AvgIpc) is 2.16. The van der Waals surface area contributed by atoms with Gasteiger partial charge in [-0.25, -0.2) is 4.39 Å². The molecule has 0 bridgehead atoms. The average molecular weight is 274 g/mol. The fourth-order valence-corrected chi connectivity index (χ4v) is 2.29. The molecule has 1 aromatic carbocycles. The third-order valence-electron chi connectivity index (χ3n) is 2.43. The number of hydrogen-bond acceptors (Lipinski definition) is 1. The smallest absolute Gasteiger partial charge is 0.127 e. The van der Waals surface area contributed by atoms with Crippen LogP contribution in [0.15, 0.2) is 24.3 Å². The van der Waals surface area contributed by atoms with Gasteiger partial charge in [0.2, 0.25) is 0 Å². The van der Waals surface area contributed by atoms with Crippen molar-refractivity contribution in [1.82, 2.24) is 5.32 Å². The minimum atomic E-state index is -0.139. The lowest BCUT2D eigenvalue weighted by Gasteiger charge is -2.25.